The number of hydrogen-bond acceptors (Lipinski definition) is 4. The van der Waals surface area contributed by atoms with Crippen LogP contribution in [0.4, 0.5) is 0 Å². The summed E-state index contributed by atoms with van der Waals surface area (Å²) >= 11 is 6.17. The molecule has 4 aromatic carbocycles. The van der Waals surface area contributed by atoms with Gasteiger partial charge in [-0.15, -0.1) is 0 Å². The molecule has 0 amide bonds. The quantitative estimate of drug-likeness (QED) is 0.146. The first-order valence-electron chi connectivity index (χ1n) is 16.2. The fourth-order valence-corrected chi connectivity index (χ4v) is 5.93. The third-order valence-corrected chi connectivity index (χ3v) is 8.47. The average molecular weight is 653 g/mol. The van der Waals surface area contributed by atoms with Gasteiger partial charge >= 0.3 is 0 Å². The molecule has 1 aliphatic rings. The largest absolute Gasteiger partial charge is 0.248 e. The van der Waals surface area contributed by atoms with Crippen molar-refractivity contribution in [3.63, 3.8) is 0 Å². The van der Waals surface area contributed by atoms with Crippen LogP contribution in [0.1, 0.15) is 29.9 Å². The number of rotatable bonds is 9. The van der Waals surface area contributed by atoms with Gasteiger partial charge in [-0.25, -0.2) is 19.9 Å². The van der Waals surface area contributed by atoms with Gasteiger partial charge in [0.2, 0.25) is 0 Å². The fourth-order valence-electron chi connectivity index (χ4n) is 5.79. The van der Waals surface area contributed by atoms with Crippen molar-refractivity contribution in [2.75, 3.05) is 0 Å². The third-order valence-electron chi connectivity index (χ3n) is 8.35. The maximum atomic E-state index is 6.17. The van der Waals surface area contributed by atoms with E-state index in [2.05, 4.69) is 85.5 Å². The number of allylic oxidation sites excluding steroid dienone is 8. The molecular formula is C44H33ClN4. The van der Waals surface area contributed by atoms with E-state index in [0.29, 0.717) is 23.0 Å². The van der Waals surface area contributed by atoms with Crippen molar-refractivity contribution in [3.8, 4) is 45.2 Å². The molecule has 236 valence electrons. The zero-order valence-electron chi connectivity index (χ0n) is 26.9. The van der Waals surface area contributed by atoms with E-state index in [0.717, 1.165) is 63.2 Å². The summed E-state index contributed by atoms with van der Waals surface area (Å²) in [5.41, 5.74) is 12.4. The molecule has 0 saturated heterocycles. The lowest BCUT2D eigenvalue weighted by atomic mass is 9.95. The van der Waals surface area contributed by atoms with Crippen LogP contribution >= 0.6 is 11.6 Å². The Bertz CT molecular complexity index is 2160. The Hall–Kier alpha value is -5.97. The highest BCUT2D eigenvalue weighted by atomic mass is 35.5. The molecule has 0 aliphatic heterocycles. The number of benzene rings is 4. The van der Waals surface area contributed by atoms with E-state index in [4.69, 9.17) is 31.5 Å². The highest BCUT2D eigenvalue weighted by Crippen LogP contribution is 2.32. The number of aromatic nitrogens is 4. The van der Waals surface area contributed by atoms with Crippen LogP contribution in [0.3, 0.4) is 0 Å². The van der Waals surface area contributed by atoms with Crippen LogP contribution in [-0.4, -0.2) is 19.9 Å². The number of halogens is 1. The van der Waals surface area contributed by atoms with Gasteiger partial charge in [0.15, 0.2) is 17.5 Å². The van der Waals surface area contributed by atoms with Crippen LogP contribution in [0.15, 0.2) is 170 Å². The smallest absolute Gasteiger partial charge is 0.164 e. The van der Waals surface area contributed by atoms with Crippen LogP contribution < -0.4 is 0 Å². The molecule has 1 aliphatic carbocycles. The Morgan fingerprint density at radius 2 is 1.20 bits per heavy atom. The molecule has 2 aromatic heterocycles. The average Bonchev–Trinajstić information content (AvgIpc) is 3.19. The van der Waals surface area contributed by atoms with Crippen molar-refractivity contribution in [2.45, 2.75) is 12.8 Å². The van der Waals surface area contributed by atoms with Crippen LogP contribution in [0.2, 0.25) is 0 Å². The van der Waals surface area contributed by atoms with Gasteiger partial charge in [-0.1, -0.05) is 152 Å². The molecule has 0 unspecified atom stereocenters. The Labute approximate surface area is 292 Å². The Morgan fingerprint density at radius 1 is 0.612 bits per heavy atom. The van der Waals surface area contributed by atoms with E-state index in [1.54, 1.807) is 0 Å². The maximum absolute atomic E-state index is 6.17. The van der Waals surface area contributed by atoms with Gasteiger partial charge in [0.25, 0.3) is 0 Å². The monoisotopic (exact) mass is 652 g/mol. The molecule has 0 saturated carbocycles. The maximum Gasteiger partial charge on any atom is 0.164 e. The molecule has 0 radical (unpaired) electrons. The summed E-state index contributed by atoms with van der Waals surface area (Å²) in [5, 5.41) is 0. The highest BCUT2D eigenvalue weighted by molar-refractivity contribution is 6.26. The second-order valence-electron chi connectivity index (χ2n) is 11.7. The Morgan fingerprint density at radius 3 is 1.78 bits per heavy atom. The van der Waals surface area contributed by atoms with E-state index in [1.165, 1.54) is 11.1 Å². The molecule has 0 bridgehead atoms. The SMILES string of the molecule is C=C(/C=C(\C=C\Cl)c1ccc(-c2cc(C3=CC=CCC3)nc(-c3ccccc3)c2)cc1)c1nc(-c2ccccc2)nc(-c2ccccc2)n1. The molecule has 0 atom stereocenters. The summed E-state index contributed by atoms with van der Waals surface area (Å²) in [5.74, 6) is 1.67. The standard InChI is InChI=1S/C44H33ClN4/c1-31(42-47-43(36-18-10-4-11-19-36)49-44(48-42)37-20-12-5-13-21-37)28-38(26-27-45)32-22-24-33(25-23-32)39-29-40(34-14-6-2-7-15-34)46-41(30-39)35-16-8-3-9-17-35/h2-8,10-16,18-30H,1,9,17H2/b27-26+,38-28+. The molecule has 2 heterocycles. The number of pyridine rings is 1. The predicted molar refractivity (Wildman–Crippen MR) is 204 cm³/mol. The van der Waals surface area contributed by atoms with Crippen molar-refractivity contribution in [3.05, 3.63) is 187 Å². The minimum absolute atomic E-state index is 0.495. The fraction of sp³-hybridized carbons (Fsp3) is 0.0455. The molecule has 0 N–H and O–H groups in total. The lowest BCUT2D eigenvalue weighted by Gasteiger charge is -2.14. The van der Waals surface area contributed by atoms with Crippen molar-refractivity contribution >= 4 is 28.3 Å². The van der Waals surface area contributed by atoms with Crippen LogP contribution in [-0.2, 0) is 0 Å². The molecule has 4 nitrogen and oxygen atoms in total. The van der Waals surface area contributed by atoms with E-state index in [1.807, 2.05) is 78.9 Å². The minimum Gasteiger partial charge on any atom is -0.248 e. The topological polar surface area (TPSA) is 51.6 Å². The Kier molecular flexibility index (Phi) is 9.58. The zero-order valence-corrected chi connectivity index (χ0v) is 27.6. The molecular weight excluding hydrogens is 620 g/mol. The summed E-state index contributed by atoms with van der Waals surface area (Å²) < 4.78 is 0. The predicted octanol–water partition coefficient (Wildman–Crippen LogP) is 11.5. The van der Waals surface area contributed by atoms with E-state index in [9.17, 15) is 0 Å². The van der Waals surface area contributed by atoms with E-state index < -0.39 is 0 Å². The second kappa shape index (κ2) is 14.8. The first-order chi connectivity index (χ1) is 24.1. The van der Waals surface area contributed by atoms with Crippen molar-refractivity contribution in [1.29, 1.82) is 0 Å². The van der Waals surface area contributed by atoms with Gasteiger partial charge < -0.3 is 0 Å². The number of nitrogens with zero attached hydrogens (tertiary/aromatic N) is 4. The van der Waals surface area contributed by atoms with Gasteiger partial charge in [-0.05, 0) is 65.0 Å². The zero-order chi connectivity index (χ0) is 33.4. The van der Waals surface area contributed by atoms with Crippen LogP contribution in [0.5, 0.6) is 0 Å². The summed E-state index contributed by atoms with van der Waals surface area (Å²) in [6, 6.07) is 43.0. The van der Waals surface area contributed by atoms with Gasteiger partial charge in [0.1, 0.15) is 0 Å². The molecule has 7 rings (SSSR count). The summed E-state index contributed by atoms with van der Waals surface area (Å²) in [6.07, 6.45) is 12.3. The first kappa shape index (κ1) is 31.6. The third kappa shape index (κ3) is 7.46. The second-order valence-corrected chi connectivity index (χ2v) is 11.9. The normalized spacial score (nSPS) is 13.0. The molecule has 5 heteroatoms. The van der Waals surface area contributed by atoms with Gasteiger partial charge in [0, 0.05) is 27.8 Å². The van der Waals surface area contributed by atoms with Crippen molar-refractivity contribution < 1.29 is 0 Å². The van der Waals surface area contributed by atoms with Gasteiger partial charge in [-0.3, -0.25) is 0 Å². The molecule has 6 aromatic rings. The molecule has 0 spiro atoms. The lowest BCUT2D eigenvalue weighted by Crippen LogP contribution is -2.02. The van der Waals surface area contributed by atoms with Gasteiger partial charge in [0.05, 0.1) is 11.4 Å². The lowest BCUT2D eigenvalue weighted by molar-refractivity contribution is 1.04. The van der Waals surface area contributed by atoms with Crippen molar-refractivity contribution in [2.24, 2.45) is 0 Å². The van der Waals surface area contributed by atoms with Gasteiger partial charge in [-0.2, -0.15) is 0 Å². The molecule has 0 fully saturated rings. The number of hydrogen-bond donors (Lipinski definition) is 0. The minimum atomic E-state index is 0.495. The highest BCUT2D eigenvalue weighted by Gasteiger charge is 2.14. The first-order valence-corrected chi connectivity index (χ1v) is 16.7. The van der Waals surface area contributed by atoms with Crippen LogP contribution in [0.25, 0.3) is 61.9 Å². The van der Waals surface area contributed by atoms with E-state index >= 15 is 0 Å². The van der Waals surface area contributed by atoms with Crippen molar-refractivity contribution in [1.82, 2.24) is 19.9 Å². The van der Waals surface area contributed by atoms with Crippen LogP contribution in [0, 0.1) is 0 Å². The Balaban J connectivity index is 1.24. The molecule has 49 heavy (non-hydrogen) atoms. The van der Waals surface area contributed by atoms with E-state index in [-0.39, 0.29) is 0 Å². The summed E-state index contributed by atoms with van der Waals surface area (Å²) in [4.78, 5) is 19.5. The summed E-state index contributed by atoms with van der Waals surface area (Å²) in [6.45, 7) is 4.38. The summed E-state index contributed by atoms with van der Waals surface area (Å²) in [7, 11) is 0.